The van der Waals surface area contributed by atoms with E-state index >= 15 is 0 Å². The average Bonchev–Trinajstić information content (AvgIpc) is 2.84. The maximum atomic E-state index is 11.6. The summed E-state index contributed by atoms with van der Waals surface area (Å²) >= 11 is 0. The highest BCUT2D eigenvalue weighted by molar-refractivity contribution is 5.78. The summed E-state index contributed by atoms with van der Waals surface area (Å²) < 4.78 is 22.1. The molecule has 36 heavy (non-hydrogen) atoms. The van der Waals surface area contributed by atoms with Gasteiger partial charge in [-0.05, 0) is 36.2 Å². The molecule has 0 radical (unpaired) electrons. The number of aliphatic hydroxyl groups excluding tert-OH is 4. The lowest BCUT2D eigenvalue weighted by Crippen LogP contribution is -2.60. The van der Waals surface area contributed by atoms with Crippen LogP contribution in [-0.4, -0.2) is 73.9 Å². The molecule has 5 unspecified atom stereocenters. The minimum Gasteiger partial charge on any atom is -0.508 e. The summed E-state index contributed by atoms with van der Waals surface area (Å²) in [7, 11) is 0. The van der Waals surface area contributed by atoms with E-state index in [4.69, 9.17) is 23.7 Å². The number of carboxylic acid groups (broad SMARTS) is 1. The average molecular weight is 504 g/mol. The molecule has 2 heterocycles. The Kier molecular flexibility index (Phi) is 7.43. The first kappa shape index (κ1) is 25.4. The summed E-state index contributed by atoms with van der Waals surface area (Å²) in [6.45, 7) is -0.671. The third-order valence-corrected chi connectivity index (χ3v) is 5.67. The second-order valence-electron chi connectivity index (χ2n) is 8.19. The largest absolute Gasteiger partial charge is 0.508 e. The van der Waals surface area contributed by atoms with E-state index in [2.05, 4.69) is 0 Å². The lowest BCUT2D eigenvalue weighted by Gasteiger charge is -2.39. The number of fused-ring (bicyclic) bond motifs is 1. The Labute approximate surface area is 203 Å². The van der Waals surface area contributed by atoms with Gasteiger partial charge in [-0.3, -0.25) is 4.79 Å². The van der Waals surface area contributed by atoms with Gasteiger partial charge in [-0.15, -0.1) is 0 Å². The second-order valence-corrected chi connectivity index (χ2v) is 8.19. The van der Waals surface area contributed by atoms with Gasteiger partial charge in [0.15, 0.2) is 11.5 Å². The fourth-order valence-corrected chi connectivity index (χ4v) is 3.73. The summed E-state index contributed by atoms with van der Waals surface area (Å²) in [6.07, 6.45) is -8.13. The van der Waals surface area contributed by atoms with Crippen LogP contribution in [0.25, 0.3) is 11.0 Å². The Hall–Kier alpha value is -3.68. The third-order valence-electron chi connectivity index (χ3n) is 5.67. The van der Waals surface area contributed by atoms with E-state index in [1.165, 1.54) is 18.2 Å². The predicted octanol–water partition coefficient (Wildman–Crippen LogP) is 0.487. The Morgan fingerprint density at radius 3 is 2.44 bits per heavy atom. The highest BCUT2D eigenvalue weighted by atomic mass is 16.7. The molecule has 192 valence electrons. The number of phenolic OH excluding ortho intramolecular Hbond substituents is 1. The van der Waals surface area contributed by atoms with Crippen molar-refractivity contribution in [3.8, 4) is 23.0 Å². The molecule has 1 aliphatic heterocycles. The van der Waals surface area contributed by atoms with Crippen LogP contribution in [0, 0.1) is 0 Å². The van der Waals surface area contributed by atoms with Crippen LogP contribution >= 0.6 is 0 Å². The molecule has 0 aliphatic carbocycles. The van der Waals surface area contributed by atoms with E-state index < -0.39 is 48.9 Å². The number of ether oxygens (including phenoxy) is 3. The summed E-state index contributed by atoms with van der Waals surface area (Å²) in [5.74, 6) is -1.39. The van der Waals surface area contributed by atoms with E-state index in [0.717, 1.165) is 6.07 Å². The monoisotopic (exact) mass is 504 g/mol. The normalized spacial score (nSPS) is 23.9. The zero-order valence-corrected chi connectivity index (χ0v) is 18.7. The fourth-order valence-electron chi connectivity index (χ4n) is 3.73. The minimum absolute atomic E-state index is 0.0252. The maximum absolute atomic E-state index is 11.6. The van der Waals surface area contributed by atoms with Gasteiger partial charge in [0.2, 0.25) is 6.29 Å². The molecule has 0 bridgehead atoms. The molecule has 12 heteroatoms. The number of aryl methyl sites for hydroxylation is 1. The summed E-state index contributed by atoms with van der Waals surface area (Å²) in [5, 5.41) is 59.9. The number of hydrogen-bond acceptors (Lipinski definition) is 11. The third kappa shape index (κ3) is 5.42. The van der Waals surface area contributed by atoms with Crippen molar-refractivity contribution in [1.82, 2.24) is 0 Å². The van der Waals surface area contributed by atoms with Crippen LogP contribution in [0.5, 0.6) is 23.0 Å². The number of aliphatic carboxylic acids is 1. The number of benzene rings is 2. The van der Waals surface area contributed by atoms with Gasteiger partial charge in [0.25, 0.3) is 0 Å². The number of rotatable bonds is 8. The van der Waals surface area contributed by atoms with Crippen LogP contribution in [0.15, 0.2) is 51.7 Å². The molecule has 1 saturated heterocycles. The van der Waals surface area contributed by atoms with Gasteiger partial charge in [-0.2, -0.15) is 0 Å². The number of aromatic hydroxyl groups is 1. The lowest BCUT2D eigenvalue weighted by molar-refractivity contribution is -0.277. The Morgan fingerprint density at radius 2 is 1.72 bits per heavy atom. The molecular formula is C24H24O12. The van der Waals surface area contributed by atoms with Crippen molar-refractivity contribution >= 4 is 16.9 Å². The first-order valence-corrected chi connectivity index (χ1v) is 10.9. The van der Waals surface area contributed by atoms with Gasteiger partial charge in [-0.1, -0.05) is 0 Å². The quantitative estimate of drug-likeness (QED) is 0.233. The van der Waals surface area contributed by atoms with Gasteiger partial charge >= 0.3 is 11.6 Å². The van der Waals surface area contributed by atoms with Crippen LogP contribution in [0.2, 0.25) is 0 Å². The molecule has 2 aromatic carbocycles. The van der Waals surface area contributed by atoms with Crippen LogP contribution in [0.3, 0.4) is 0 Å². The standard InChI is InChI=1S/C24H24O12/c25-10-18-21(30)22(31)23(32)24(36-18)35-17-9-14(26)12(2-5-19(27)28)7-16(17)33-13-4-1-11-3-6-20(29)34-15(11)8-13/h1,3-4,6-9,18,21-26,30-32H,2,5,10H2,(H,27,28). The van der Waals surface area contributed by atoms with Gasteiger partial charge in [0, 0.05) is 30.0 Å². The number of carboxylic acids is 1. The molecule has 1 aliphatic rings. The number of carbonyl (C=O) groups is 1. The zero-order valence-electron chi connectivity index (χ0n) is 18.7. The van der Waals surface area contributed by atoms with Gasteiger partial charge in [0.05, 0.1) is 6.61 Å². The van der Waals surface area contributed by atoms with Crippen LogP contribution < -0.4 is 15.1 Å². The molecule has 3 aromatic rings. The molecule has 6 N–H and O–H groups in total. The predicted molar refractivity (Wildman–Crippen MR) is 121 cm³/mol. The van der Waals surface area contributed by atoms with Crippen LogP contribution in [0.1, 0.15) is 12.0 Å². The molecule has 1 fully saturated rings. The molecule has 0 amide bonds. The molecule has 0 spiro atoms. The van der Waals surface area contributed by atoms with Crippen molar-refractivity contribution < 1.29 is 54.1 Å². The molecule has 5 atom stereocenters. The number of phenols is 1. The Balaban J connectivity index is 1.69. The SMILES string of the molecule is O=C(O)CCc1cc(Oc2ccc3ccc(=O)oc3c2)c(OC2OC(CO)C(O)C(O)C2O)cc1O. The maximum Gasteiger partial charge on any atom is 0.336 e. The highest BCUT2D eigenvalue weighted by Gasteiger charge is 2.45. The molecule has 12 nitrogen and oxygen atoms in total. The van der Waals surface area contributed by atoms with Crippen LogP contribution in [0.4, 0.5) is 0 Å². The van der Waals surface area contributed by atoms with Crippen LogP contribution in [-0.2, 0) is 16.0 Å². The van der Waals surface area contributed by atoms with E-state index in [9.17, 15) is 35.1 Å². The molecule has 4 rings (SSSR count). The summed E-state index contributed by atoms with van der Waals surface area (Å²) in [4.78, 5) is 22.6. The first-order chi connectivity index (χ1) is 17.2. The van der Waals surface area contributed by atoms with Crippen molar-refractivity contribution in [1.29, 1.82) is 0 Å². The summed E-state index contributed by atoms with van der Waals surface area (Å²) in [5.41, 5.74) is -0.103. The fraction of sp³-hybridized carbons (Fsp3) is 0.333. The Morgan fingerprint density at radius 1 is 0.972 bits per heavy atom. The lowest BCUT2D eigenvalue weighted by atomic mass is 9.99. The zero-order chi connectivity index (χ0) is 26.0. The molecular weight excluding hydrogens is 480 g/mol. The van der Waals surface area contributed by atoms with E-state index in [1.807, 2.05) is 0 Å². The highest BCUT2D eigenvalue weighted by Crippen LogP contribution is 2.40. The van der Waals surface area contributed by atoms with Gasteiger partial charge < -0.3 is 49.3 Å². The topological polar surface area (TPSA) is 196 Å². The molecule has 0 saturated carbocycles. The van der Waals surface area contributed by atoms with E-state index in [1.54, 1.807) is 18.2 Å². The Bertz CT molecular complexity index is 1300. The second kappa shape index (κ2) is 10.5. The van der Waals surface area contributed by atoms with Crippen molar-refractivity contribution in [2.24, 2.45) is 0 Å². The van der Waals surface area contributed by atoms with Gasteiger partial charge in [-0.25, -0.2) is 4.79 Å². The number of hydrogen-bond donors (Lipinski definition) is 6. The summed E-state index contributed by atoms with van der Waals surface area (Å²) in [6, 6.07) is 9.95. The molecule has 1 aromatic heterocycles. The van der Waals surface area contributed by atoms with Crippen molar-refractivity contribution in [2.45, 2.75) is 43.5 Å². The first-order valence-electron chi connectivity index (χ1n) is 10.9. The number of aliphatic hydroxyl groups is 4. The van der Waals surface area contributed by atoms with Crippen molar-refractivity contribution in [3.63, 3.8) is 0 Å². The smallest absolute Gasteiger partial charge is 0.336 e. The van der Waals surface area contributed by atoms with Crippen molar-refractivity contribution in [3.05, 3.63) is 58.4 Å². The minimum atomic E-state index is -1.72. The van der Waals surface area contributed by atoms with E-state index in [0.29, 0.717) is 5.39 Å². The van der Waals surface area contributed by atoms with Crippen molar-refractivity contribution in [2.75, 3.05) is 6.61 Å². The van der Waals surface area contributed by atoms with Gasteiger partial charge in [0.1, 0.15) is 41.5 Å². The van der Waals surface area contributed by atoms with E-state index in [-0.39, 0.29) is 47.0 Å².